The van der Waals surface area contributed by atoms with E-state index in [0.29, 0.717) is 19.4 Å². The van der Waals surface area contributed by atoms with Gasteiger partial charge in [-0.05, 0) is 19.4 Å². The zero-order valence-corrected chi connectivity index (χ0v) is 9.91. The van der Waals surface area contributed by atoms with Crippen LogP contribution in [0.3, 0.4) is 0 Å². The topological polar surface area (TPSA) is 141 Å². The molecular formula is C10H19N2NaO6. The van der Waals surface area contributed by atoms with E-state index in [2.05, 4.69) is 0 Å². The van der Waals surface area contributed by atoms with Gasteiger partial charge in [0.25, 0.3) is 0 Å². The van der Waals surface area contributed by atoms with Crippen LogP contribution in [-0.4, -0.2) is 93.4 Å². The molecule has 0 saturated carbocycles. The summed E-state index contributed by atoms with van der Waals surface area (Å²) >= 11 is 0. The Labute approximate surface area is 132 Å². The van der Waals surface area contributed by atoms with Gasteiger partial charge in [-0.3, -0.25) is 19.3 Å². The number of carbonyl (C=O) groups is 3. The molecule has 0 radical (unpaired) electrons. The first-order valence-electron chi connectivity index (χ1n) is 5.49. The van der Waals surface area contributed by atoms with Gasteiger partial charge in [0.1, 0.15) is 6.04 Å². The van der Waals surface area contributed by atoms with Crippen LogP contribution in [0.25, 0.3) is 0 Å². The van der Waals surface area contributed by atoms with Gasteiger partial charge in [0.05, 0.1) is 13.1 Å². The molecule has 106 valence electrons. The number of carboxylic acids is 3. The fraction of sp³-hybridized carbons (Fsp3) is 0.700. The van der Waals surface area contributed by atoms with Crippen LogP contribution in [0.4, 0.5) is 0 Å². The minimum atomic E-state index is -1.26. The second-order valence-electron chi connectivity index (χ2n) is 3.83. The Balaban J connectivity index is 0. The van der Waals surface area contributed by atoms with E-state index in [-0.39, 0.29) is 36.0 Å². The van der Waals surface area contributed by atoms with Crippen molar-refractivity contribution in [1.29, 1.82) is 0 Å². The Kier molecular flexibility index (Phi) is 12.1. The van der Waals surface area contributed by atoms with Crippen molar-refractivity contribution in [1.82, 2.24) is 4.90 Å². The van der Waals surface area contributed by atoms with Crippen LogP contribution in [0, 0.1) is 0 Å². The van der Waals surface area contributed by atoms with Crippen LogP contribution in [0.15, 0.2) is 0 Å². The maximum atomic E-state index is 11.0. The van der Waals surface area contributed by atoms with Crippen molar-refractivity contribution < 1.29 is 29.7 Å². The normalized spacial score (nSPS) is 11.7. The Bertz CT molecular complexity index is 296. The van der Waals surface area contributed by atoms with E-state index in [1.165, 1.54) is 0 Å². The average molecular weight is 286 g/mol. The molecule has 0 rings (SSSR count). The fourth-order valence-electron chi connectivity index (χ4n) is 1.57. The molecule has 0 aromatic rings. The van der Waals surface area contributed by atoms with E-state index in [1.54, 1.807) is 0 Å². The summed E-state index contributed by atoms with van der Waals surface area (Å²) in [5, 5.41) is 26.3. The molecule has 0 amide bonds. The molecule has 0 aliphatic rings. The molecule has 9 heteroatoms. The molecule has 0 aromatic heterocycles. The summed E-state index contributed by atoms with van der Waals surface area (Å²) in [5.41, 5.74) is 5.28. The molecule has 0 fully saturated rings. The van der Waals surface area contributed by atoms with Crippen molar-refractivity contribution in [2.24, 2.45) is 5.73 Å². The number of hydrogen-bond donors (Lipinski definition) is 4. The summed E-state index contributed by atoms with van der Waals surface area (Å²) in [6.45, 7) is -0.831. The van der Waals surface area contributed by atoms with Gasteiger partial charge in [0, 0.05) is 0 Å². The predicted octanol–water partition coefficient (Wildman–Crippen LogP) is -1.61. The van der Waals surface area contributed by atoms with Gasteiger partial charge < -0.3 is 21.1 Å². The van der Waals surface area contributed by atoms with E-state index in [0.717, 1.165) is 4.90 Å². The molecule has 0 unspecified atom stereocenters. The Hall–Kier alpha value is -0.670. The third kappa shape index (κ3) is 9.85. The summed E-state index contributed by atoms with van der Waals surface area (Å²) in [4.78, 5) is 33.2. The SMILES string of the molecule is NCCCC[C@@H](C(=O)O)N(CC(=O)O)CC(=O)O.[NaH]. The molecule has 0 saturated heterocycles. The standard InChI is InChI=1S/C10H18N2O6.Na.H/c11-4-2-1-3-7(10(17)18)12(5-8(13)14)6-9(15)16;;/h7H,1-6,11H2,(H,13,14)(H,15,16)(H,17,18);;/t7-;;/m0../s1. The predicted molar refractivity (Wildman–Crippen MR) is 68.3 cm³/mol. The zero-order chi connectivity index (χ0) is 14.1. The number of hydrogen-bond acceptors (Lipinski definition) is 5. The van der Waals surface area contributed by atoms with Gasteiger partial charge in [-0.15, -0.1) is 0 Å². The average Bonchev–Trinajstić information content (AvgIpc) is 2.21. The minimum absolute atomic E-state index is 0. The first kappa shape index (κ1) is 20.6. The number of aliphatic carboxylic acids is 3. The monoisotopic (exact) mass is 286 g/mol. The molecule has 0 aliphatic carbocycles. The van der Waals surface area contributed by atoms with Crippen LogP contribution in [0.2, 0.25) is 0 Å². The van der Waals surface area contributed by atoms with Gasteiger partial charge in [-0.25, -0.2) is 0 Å². The second kappa shape index (κ2) is 11.2. The van der Waals surface area contributed by atoms with Gasteiger partial charge in [0.2, 0.25) is 0 Å². The van der Waals surface area contributed by atoms with Crippen LogP contribution < -0.4 is 5.73 Å². The first-order chi connectivity index (χ1) is 8.38. The quantitative estimate of drug-likeness (QED) is 0.278. The third-order valence-electron chi connectivity index (χ3n) is 2.33. The van der Waals surface area contributed by atoms with Gasteiger partial charge in [-0.1, -0.05) is 6.42 Å². The van der Waals surface area contributed by atoms with Crippen molar-refractivity contribution in [3.63, 3.8) is 0 Å². The number of carboxylic acid groups (broad SMARTS) is 3. The molecule has 19 heavy (non-hydrogen) atoms. The van der Waals surface area contributed by atoms with E-state index < -0.39 is 37.0 Å². The van der Waals surface area contributed by atoms with E-state index in [9.17, 15) is 14.4 Å². The van der Waals surface area contributed by atoms with Crippen LogP contribution in [0.1, 0.15) is 19.3 Å². The Morgan fingerprint density at radius 3 is 1.79 bits per heavy atom. The first-order valence-corrected chi connectivity index (χ1v) is 5.49. The maximum absolute atomic E-state index is 11.0. The van der Waals surface area contributed by atoms with Crippen molar-refractivity contribution in [3.8, 4) is 0 Å². The molecule has 8 nitrogen and oxygen atoms in total. The van der Waals surface area contributed by atoms with Crippen LogP contribution in [-0.2, 0) is 14.4 Å². The molecule has 0 aliphatic heterocycles. The number of nitrogens with zero attached hydrogens (tertiary/aromatic N) is 1. The summed E-state index contributed by atoms with van der Waals surface area (Å²) < 4.78 is 0. The van der Waals surface area contributed by atoms with Crippen LogP contribution >= 0.6 is 0 Å². The summed E-state index contributed by atoms with van der Waals surface area (Å²) in [6, 6.07) is -1.12. The van der Waals surface area contributed by atoms with Crippen LogP contribution in [0.5, 0.6) is 0 Å². The molecule has 0 spiro atoms. The van der Waals surface area contributed by atoms with Crippen molar-refractivity contribution >= 4 is 47.5 Å². The molecule has 0 heterocycles. The van der Waals surface area contributed by atoms with Crippen molar-refractivity contribution in [2.75, 3.05) is 19.6 Å². The third-order valence-corrected chi connectivity index (χ3v) is 2.33. The van der Waals surface area contributed by atoms with E-state index in [4.69, 9.17) is 21.1 Å². The van der Waals surface area contributed by atoms with Gasteiger partial charge >= 0.3 is 47.5 Å². The van der Waals surface area contributed by atoms with Gasteiger partial charge in [0.15, 0.2) is 0 Å². The van der Waals surface area contributed by atoms with Crippen molar-refractivity contribution in [2.45, 2.75) is 25.3 Å². The molecule has 5 N–H and O–H groups in total. The van der Waals surface area contributed by atoms with E-state index in [1.807, 2.05) is 0 Å². The second-order valence-corrected chi connectivity index (χ2v) is 3.83. The summed E-state index contributed by atoms with van der Waals surface area (Å²) in [5.74, 6) is -3.75. The Morgan fingerprint density at radius 1 is 1.00 bits per heavy atom. The molecular weight excluding hydrogens is 267 g/mol. The zero-order valence-electron chi connectivity index (χ0n) is 9.91. The fourth-order valence-corrected chi connectivity index (χ4v) is 1.57. The molecule has 1 atom stereocenters. The summed E-state index contributed by atoms with van der Waals surface area (Å²) in [7, 11) is 0. The summed E-state index contributed by atoms with van der Waals surface area (Å²) in [6.07, 6.45) is 1.29. The van der Waals surface area contributed by atoms with Gasteiger partial charge in [-0.2, -0.15) is 0 Å². The number of nitrogens with two attached hydrogens (primary N) is 1. The molecule has 0 bridgehead atoms. The molecule has 0 aromatic carbocycles. The van der Waals surface area contributed by atoms with Crippen molar-refractivity contribution in [3.05, 3.63) is 0 Å². The van der Waals surface area contributed by atoms with E-state index >= 15 is 0 Å². The Morgan fingerprint density at radius 2 is 1.47 bits per heavy atom. The number of rotatable bonds is 10. The number of unbranched alkanes of at least 4 members (excludes halogenated alkanes) is 1.